The minimum Gasteiger partial charge on any atom is -0.507 e. The minimum absolute atomic E-state index is 0.00454. The van der Waals surface area contributed by atoms with E-state index in [9.17, 15) is 14.7 Å². The summed E-state index contributed by atoms with van der Waals surface area (Å²) >= 11 is 5.83. The molecule has 0 aromatic heterocycles. The Morgan fingerprint density at radius 1 is 1.18 bits per heavy atom. The molecule has 0 aliphatic carbocycles. The van der Waals surface area contributed by atoms with Crippen LogP contribution in [-0.2, 0) is 9.53 Å². The summed E-state index contributed by atoms with van der Waals surface area (Å²) in [5, 5.41) is 12.7. The lowest BCUT2D eigenvalue weighted by Gasteiger charge is -2.14. The molecule has 5 nitrogen and oxygen atoms in total. The van der Waals surface area contributed by atoms with Crippen LogP contribution in [0.15, 0.2) is 48.5 Å². The highest BCUT2D eigenvalue weighted by Gasteiger charge is 2.20. The molecule has 0 unspecified atom stereocenters. The Hall–Kier alpha value is -2.53. The molecular weight excluding hydrogens is 306 g/mol. The lowest BCUT2D eigenvalue weighted by atomic mass is 10.2. The van der Waals surface area contributed by atoms with Crippen LogP contribution in [0.5, 0.6) is 5.75 Å². The number of carbonyl (C=O) groups is 2. The number of anilines is 1. The molecule has 2 rings (SSSR count). The van der Waals surface area contributed by atoms with Gasteiger partial charge in [0.1, 0.15) is 11.3 Å². The molecule has 0 bridgehead atoms. The summed E-state index contributed by atoms with van der Waals surface area (Å²) in [6.45, 7) is 1.44. The van der Waals surface area contributed by atoms with Crippen molar-refractivity contribution in [3.05, 3.63) is 59.1 Å². The number of aromatic hydroxyl groups is 1. The number of ether oxygens (including phenoxy) is 1. The maximum Gasteiger partial charge on any atom is 0.342 e. The number of hydrogen-bond donors (Lipinski definition) is 2. The normalized spacial score (nSPS) is 11.5. The Morgan fingerprint density at radius 3 is 2.59 bits per heavy atom. The topological polar surface area (TPSA) is 75.6 Å². The zero-order valence-electron chi connectivity index (χ0n) is 11.7. The molecule has 1 amide bonds. The van der Waals surface area contributed by atoms with Crippen molar-refractivity contribution in [2.24, 2.45) is 0 Å². The second-order valence-electron chi connectivity index (χ2n) is 4.56. The van der Waals surface area contributed by atoms with Gasteiger partial charge < -0.3 is 15.2 Å². The number of rotatable bonds is 4. The van der Waals surface area contributed by atoms with E-state index in [1.807, 2.05) is 0 Å². The monoisotopic (exact) mass is 319 g/mol. The first-order valence-electron chi connectivity index (χ1n) is 6.53. The highest BCUT2D eigenvalue weighted by Crippen LogP contribution is 2.18. The van der Waals surface area contributed by atoms with Crippen LogP contribution in [0.3, 0.4) is 0 Å². The summed E-state index contributed by atoms with van der Waals surface area (Å²) in [5.41, 5.74) is 0.507. The summed E-state index contributed by atoms with van der Waals surface area (Å²) < 4.78 is 5.04. The molecule has 0 aliphatic heterocycles. The number of benzene rings is 2. The smallest absolute Gasteiger partial charge is 0.342 e. The number of para-hydroxylation sites is 1. The number of amides is 1. The largest absolute Gasteiger partial charge is 0.507 e. The van der Waals surface area contributed by atoms with Gasteiger partial charge in [0.25, 0.3) is 5.91 Å². The minimum atomic E-state index is -1.02. The van der Waals surface area contributed by atoms with Crippen LogP contribution in [0.25, 0.3) is 0 Å². The number of halogens is 1. The molecule has 2 aromatic carbocycles. The molecule has 114 valence electrons. The molecule has 2 N–H and O–H groups in total. The summed E-state index contributed by atoms with van der Waals surface area (Å²) in [5.74, 6) is -1.46. The summed E-state index contributed by atoms with van der Waals surface area (Å²) in [6.07, 6.45) is -1.02. The molecule has 2 aromatic rings. The lowest BCUT2D eigenvalue weighted by molar-refractivity contribution is -0.123. The molecule has 0 fully saturated rings. The number of esters is 1. The molecule has 0 spiro atoms. The maximum absolute atomic E-state index is 12.0. The summed E-state index contributed by atoms with van der Waals surface area (Å²) in [4.78, 5) is 23.9. The number of carbonyl (C=O) groups excluding carboxylic acids is 2. The van der Waals surface area contributed by atoms with Crippen LogP contribution in [0.2, 0.25) is 5.02 Å². The van der Waals surface area contributed by atoms with Gasteiger partial charge in [0.15, 0.2) is 6.10 Å². The first-order valence-corrected chi connectivity index (χ1v) is 6.90. The number of phenols is 1. The van der Waals surface area contributed by atoms with E-state index in [0.717, 1.165) is 0 Å². The van der Waals surface area contributed by atoms with Gasteiger partial charge in [-0.2, -0.15) is 0 Å². The van der Waals surface area contributed by atoms with E-state index in [1.54, 1.807) is 36.4 Å². The van der Waals surface area contributed by atoms with Gasteiger partial charge in [-0.1, -0.05) is 29.8 Å². The van der Waals surface area contributed by atoms with Crippen LogP contribution in [0.1, 0.15) is 17.3 Å². The quantitative estimate of drug-likeness (QED) is 0.848. The van der Waals surface area contributed by atoms with Crippen LogP contribution in [-0.4, -0.2) is 23.1 Å². The molecule has 6 heteroatoms. The third kappa shape index (κ3) is 3.99. The Labute approximate surface area is 132 Å². The van der Waals surface area contributed by atoms with E-state index >= 15 is 0 Å². The van der Waals surface area contributed by atoms with E-state index in [4.69, 9.17) is 16.3 Å². The lowest BCUT2D eigenvalue weighted by Crippen LogP contribution is -2.30. The predicted octanol–water partition coefficient (Wildman–Crippen LogP) is 3.23. The number of nitrogens with one attached hydrogen (secondary N) is 1. The Kier molecular flexibility index (Phi) is 5.01. The van der Waals surface area contributed by atoms with Gasteiger partial charge in [-0.3, -0.25) is 4.79 Å². The standard InChI is InChI=1S/C16H14ClNO4/c1-10(15(20)18-12-6-4-5-11(17)9-12)22-16(21)13-7-2-3-8-14(13)19/h2-10,19H,1H3,(H,18,20)/t10-/m1/s1. The molecule has 1 atom stereocenters. The van der Waals surface area contributed by atoms with Crippen molar-refractivity contribution >= 4 is 29.2 Å². The fourth-order valence-corrected chi connectivity index (χ4v) is 1.92. The van der Waals surface area contributed by atoms with Crippen molar-refractivity contribution in [2.45, 2.75) is 13.0 Å². The van der Waals surface area contributed by atoms with Crippen LogP contribution in [0, 0.1) is 0 Å². The molecule has 22 heavy (non-hydrogen) atoms. The third-order valence-electron chi connectivity index (χ3n) is 2.87. The van der Waals surface area contributed by atoms with Gasteiger partial charge in [-0.25, -0.2) is 4.79 Å². The van der Waals surface area contributed by atoms with Crippen molar-refractivity contribution in [1.29, 1.82) is 0 Å². The second-order valence-corrected chi connectivity index (χ2v) is 5.00. The Balaban J connectivity index is 1.99. The van der Waals surface area contributed by atoms with Crippen LogP contribution >= 0.6 is 11.6 Å². The van der Waals surface area contributed by atoms with Gasteiger partial charge in [0.2, 0.25) is 0 Å². The molecule has 0 heterocycles. The zero-order valence-corrected chi connectivity index (χ0v) is 12.5. The zero-order chi connectivity index (χ0) is 16.1. The van der Waals surface area contributed by atoms with E-state index < -0.39 is 18.0 Å². The highest BCUT2D eigenvalue weighted by atomic mass is 35.5. The molecular formula is C16H14ClNO4. The van der Waals surface area contributed by atoms with Crippen molar-refractivity contribution in [1.82, 2.24) is 0 Å². The Morgan fingerprint density at radius 2 is 1.91 bits per heavy atom. The molecule has 0 saturated carbocycles. The predicted molar refractivity (Wildman–Crippen MR) is 83.1 cm³/mol. The average Bonchev–Trinajstić information content (AvgIpc) is 2.47. The van der Waals surface area contributed by atoms with Gasteiger partial charge in [0, 0.05) is 10.7 Å². The maximum atomic E-state index is 12.0. The van der Waals surface area contributed by atoms with Gasteiger partial charge >= 0.3 is 5.97 Å². The first-order chi connectivity index (χ1) is 10.5. The van der Waals surface area contributed by atoms with E-state index in [1.165, 1.54) is 19.1 Å². The van der Waals surface area contributed by atoms with E-state index in [0.29, 0.717) is 10.7 Å². The molecule has 0 saturated heterocycles. The third-order valence-corrected chi connectivity index (χ3v) is 3.10. The summed E-state index contributed by atoms with van der Waals surface area (Å²) in [7, 11) is 0. The SMILES string of the molecule is C[C@@H](OC(=O)c1ccccc1O)C(=O)Nc1cccc(Cl)c1. The fraction of sp³-hybridized carbons (Fsp3) is 0.125. The van der Waals surface area contributed by atoms with Crippen LogP contribution in [0.4, 0.5) is 5.69 Å². The highest BCUT2D eigenvalue weighted by molar-refractivity contribution is 6.30. The van der Waals surface area contributed by atoms with E-state index in [-0.39, 0.29) is 11.3 Å². The van der Waals surface area contributed by atoms with Crippen molar-refractivity contribution in [3.63, 3.8) is 0 Å². The van der Waals surface area contributed by atoms with Crippen LogP contribution < -0.4 is 5.32 Å². The fourth-order valence-electron chi connectivity index (χ4n) is 1.73. The number of hydrogen-bond acceptors (Lipinski definition) is 4. The first kappa shape index (κ1) is 15.9. The second kappa shape index (κ2) is 6.95. The Bertz CT molecular complexity index is 702. The summed E-state index contributed by atoms with van der Waals surface area (Å²) in [6, 6.07) is 12.6. The van der Waals surface area contributed by atoms with Crippen molar-refractivity contribution in [3.8, 4) is 5.75 Å². The van der Waals surface area contributed by atoms with Gasteiger partial charge in [0.05, 0.1) is 0 Å². The molecule has 0 aliphatic rings. The van der Waals surface area contributed by atoms with Crippen molar-refractivity contribution in [2.75, 3.05) is 5.32 Å². The number of phenolic OH excluding ortho intramolecular Hbond substituents is 1. The molecule has 0 radical (unpaired) electrons. The van der Waals surface area contributed by atoms with E-state index in [2.05, 4.69) is 5.32 Å². The average molecular weight is 320 g/mol. The van der Waals surface area contributed by atoms with Gasteiger partial charge in [-0.05, 0) is 37.3 Å². The van der Waals surface area contributed by atoms with Gasteiger partial charge in [-0.15, -0.1) is 0 Å². The van der Waals surface area contributed by atoms with Crippen molar-refractivity contribution < 1.29 is 19.4 Å².